The second-order valence-electron chi connectivity index (χ2n) is 6.33. The molecule has 0 saturated heterocycles. The fourth-order valence-electron chi connectivity index (χ4n) is 2.31. The van der Waals surface area contributed by atoms with E-state index in [0.717, 1.165) is 35.6 Å². The lowest BCUT2D eigenvalue weighted by atomic mass is 10.0. The molecule has 5 nitrogen and oxygen atoms in total. The summed E-state index contributed by atoms with van der Waals surface area (Å²) in [7, 11) is 1.91. The molecule has 0 atom stereocenters. The van der Waals surface area contributed by atoms with Crippen LogP contribution in [-0.4, -0.2) is 35.8 Å². The highest BCUT2D eigenvalue weighted by Crippen LogP contribution is 2.28. The van der Waals surface area contributed by atoms with E-state index in [9.17, 15) is 18.0 Å². The summed E-state index contributed by atoms with van der Waals surface area (Å²) in [6, 6.07) is 5.47. The lowest BCUT2D eigenvalue weighted by Crippen LogP contribution is -2.14. The van der Waals surface area contributed by atoms with Crippen molar-refractivity contribution in [1.82, 2.24) is 9.88 Å². The van der Waals surface area contributed by atoms with Crippen LogP contribution < -0.4 is 0 Å². The van der Waals surface area contributed by atoms with Crippen molar-refractivity contribution in [3.8, 4) is 0 Å². The Morgan fingerprint density at radius 2 is 1.93 bits per heavy atom. The monoisotopic (exact) mass is 393 g/mol. The van der Waals surface area contributed by atoms with Crippen LogP contribution >= 0.6 is 0 Å². The number of alkyl halides is 3. The summed E-state index contributed by atoms with van der Waals surface area (Å²) in [6.45, 7) is 6.34. The van der Waals surface area contributed by atoms with Gasteiger partial charge < -0.3 is 9.64 Å². The van der Waals surface area contributed by atoms with Gasteiger partial charge in [0.2, 0.25) is 0 Å². The number of rotatable bonds is 6. The van der Waals surface area contributed by atoms with E-state index in [1.165, 1.54) is 6.07 Å². The van der Waals surface area contributed by atoms with Crippen LogP contribution in [-0.2, 0) is 17.5 Å². The Bertz CT molecular complexity index is 862. The molecule has 0 radical (unpaired) electrons. The summed E-state index contributed by atoms with van der Waals surface area (Å²) in [6.07, 6.45) is -1.73. The maximum absolute atomic E-state index is 12.5. The van der Waals surface area contributed by atoms with E-state index in [1.54, 1.807) is 25.4 Å². The predicted molar refractivity (Wildman–Crippen MR) is 101 cm³/mol. The van der Waals surface area contributed by atoms with Crippen LogP contribution in [0.4, 0.5) is 18.9 Å². The number of carbonyl (C=O) groups is 1. The second kappa shape index (κ2) is 8.86. The molecule has 0 amide bonds. The minimum absolute atomic E-state index is 0.163. The van der Waals surface area contributed by atoms with Crippen molar-refractivity contribution in [2.24, 2.45) is 4.99 Å². The smallest absolute Gasteiger partial charge is 0.433 e. The van der Waals surface area contributed by atoms with E-state index in [2.05, 4.69) is 9.98 Å². The average molecular weight is 393 g/mol. The average Bonchev–Trinajstić information content (AvgIpc) is 2.66. The molecular formula is C20H22F3N3O2. The molecule has 0 bridgehead atoms. The fraction of sp³-hybridized carbons (Fsp3) is 0.350. The number of nitrogens with zero attached hydrogens (tertiary/aromatic N) is 3. The Morgan fingerprint density at radius 3 is 2.50 bits per heavy atom. The molecule has 0 spiro atoms. The third kappa shape index (κ3) is 5.31. The van der Waals surface area contributed by atoms with E-state index in [4.69, 9.17) is 4.74 Å². The summed E-state index contributed by atoms with van der Waals surface area (Å²) >= 11 is 0. The van der Waals surface area contributed by atoms with E-state index >= 15 is 0 Å². The summed E-state index contributed by atoms with van der Waals surface area (Å²) in [4.78, 5) is 22.1. The van der Waals surface area contributed by atoms with Crippen LogP contribution in [0, 0.1) is 13.8 Å². The van der Waals surface area contributed by atoms with Gasteiger partial charge in [-0.25, -0.2) is 9.79 Å². The summed E-state index contributed by atoms with van der Waals surface area (Å²) in [5, 5.41) is 0. The first-order valence-electron chi connectivity index (χ1n) is 8.67. The maximum Gasteiger partial charge on any atom is 0.433 e. The Kier molecular flexibility index (Phi) is 6.77. The summed E-state index contributed by atoms with van der Waals surface area (Å²) in [5.41, 5.74) is 2.12. The van der Waals surface area contributed by atoms with Crippen molar-refractivity contribution in [3.05, 3.63) is 58.4 Å². The summed E-state index contributed by atoms with van der Waals surface area (Å²) in [5.74, 6) is -0.554. The Labute approximate surface area is 161 Å². The summed E-state index contributed by atoms with van der Waals surface area (Å²) < 4.78 is 42.8. The second-order valence-corrected chi connectivity index (χ2v) is 6.33. The van der Waals surface area contributed by atoms with E-state index < -0.39 is 17.8 Å². The van der Waals surface area contributed by atoms with Crippen LogP contribution in [0.1, 0.15) is 39.7 Å². The quantitative estimate of drug-likeness (QED) is 0.406. The molecule has 28 heavy (non-hydrogen) atoms. The van der Waals surface area contributed by atoms with Gasteiger partial charge in [0.1, 0.15) is 12.3 Å². The Morgan fingerprint density at radius 1 is 1.21 bits per heavy atom. The van der Waals surface area contributed by atoms with Gasteiger partial charge in [-0.05, 0) is 50.1 Å². The molecule has 8 heteroatoms. The van der Waals surface area contributed by atoms with Gasteiger partial charge in [0, 0.05) is 25.4 Å². The molecule has 0 fully saturated rings. The number of halogens is 3. The Hall–Kier alpha value is -2.90. The normalized spacial score (nSPS) is 11.7. The van der Waals surface area contributed by atoms with E-state index in [0.29, 0.717) is 11.1 Å². The van der Waals surface area contributed by atoms with Crippen LogP contribution in [0.15, 0.2) is 35.5 Å². The van der Waals surface area contributed by atoms with Gasteiger partial charge in [0.05, 0.1) is 17.6 Å². The third-order valence-corrected chi connectivity index (χ3v) is 4.36. The zero-order chi connectivity index (χ0) is 20.9. The van der Waals surface area contributed by atoms with Crippen molar-refractivity contribution in [3.63, 3.8) is 0 Å². The number of pyridine rings is 1. The van der Waals surface area contributed by atoms with E-state index in [1.807, 2.05) is 25.8 Å². The number of carbonyl (C=O) groups excluding carboxylic acids is 1. The van der Waals surface area contributed by atoms with Crippen LogP contribution in [0.2, 0.25) is 0 Å². The molecule has 1 aromatic carbocycles. The number of aromatic nitrogens is 1. The topological polar surface area (TPSA) is 54.8 Å². The lowest BCUT2D eigenvalue weighted by molar-refractivity contribution is -0.141. The molecule has 150 valence electrons. The van der Waals surface area contributed by atoms with Crippen LogP contribution in [0.5, 0.6) is 0 Å². The molecule has 0 aliphatic heterocycles. The van der Waals surface area contributed by atoms with Gasteiger partial charge in [-0.2, -0.15) is 13.2 Å². The molecule has 0 N–H and O–H groups in total. The third-order valence-electron chi connectivity index (χ3n) is 4.36. The fourth-order valence-corrected chi connectivity index (χ4v) is 2.31. The van der Waals surface area contributed by atoms with Crippen LogP contribution in [0.25, 0.3) is 0 Å². The molecule has 2 aromatic rings. The van der Waals surface area contributed by atoms with Crippen LogP contribution in [0.3, 0.4) is 0 Å². The minimum atomic E-state index is -4.50. The number of hydrogen-bond donors (Lipinski definition) is 0. The Balaban J connectivity index is 2.08. The first-order chi connectivity index (χ1) is 13.1. The molecule has 0 aliphatic carbocycles. The zero-order valence-electron chi connectivity index (χ0n) is 16.2. The highest BCUT2D eigenvalue weighted by molar-refractivity contribution is 5.92. The van der Waals surface area contributed by atoms with Crippen molar-refractivity contribution in [1.29, 1.82) is 0 Å². The maximum atomic E-state index is 12.5. The van der Waals surface area contributed by atoms with Gasteiger partial charge in [-0.3, -0.25) is 4.98 Å². The standard InChI is InChI=1S/C20H22F3N3O2/c1-5-26(4)12-25-17-8-7-16(13(2)14(17)3)19(27)28-11-15-6-9-18(24-10-15)20(21,22)23/h6-10,12H,5,11H2,1-4H3/b25-12+. The van der Waals surface area contributed by atoms with Gasteiger partial charge in [0.25, 0.3) is 0 Å². The van der Waals surface area contributed by atoms with Gasteiger partial charge in [-0.15, -0.1) is 0 Å². The largest absolute Gasteiger partial charge is 0.457 e. The van der Waals surface area contributed by atoms with Crippen molar-refractivity contribution in [2.45, 2.75) is 33.6 Å². The predicted octanol–water partition coefficient (Wildman–Crippen LogP) is 4.69. The molecule has 0 saturated carbocycles. The first kappa shape index (κ1) is 21.4. The number of esters is 1. The highest BCUT2D eigenvalue weighted by Gasteiger charge is 2.32. The van der Waals surface area contributed by atoms with Crippen molar-refractivity contribution < 1.29 is 22.7 Å². The molecule has 0 unspecified atom stereocenters. The number of benzene rings is 1. The van der Waals surface area contributed by atoms with Gasteiger partial charge in [-0.1, -0.05) is 6.07 Å². The molecule has 1 heterocycles. The minimum Gasteiger partial charge on any atom is -0.457 e. The number of ether oxygens (including phenoxy) is 1. The first-order valence-corrected chi connectivity index (χ1v) is 8.67. The molecule has 2 rings (SSSR count). The van der Waals surface area contributed by atoms with E-state index in [-0.39, 0.29) is 6.61 Å². The zero-order valence-corrected chi connectivity index (χ0v) is 16.2. The number of hydrogen-bond acceptors (Lipinski definition) is 4. The van der Waals surface area contributed by atoms with Gasteiger partial charge >= 0.3 is 12.1 Å². The van der Waals surface area contributed by atoms with Crippen molar-refractivity contribution in [2.75, 3.05) is 13.6 Å². The molecule has 1 aromatic heterocycles. The molecule has 0 aliphatic rings. The molecular weight excluding hydrogens is 371 g/mol. The lowest BCUT2D eigenvalue weighted by Gasteiger charge is -2.13. The number of aliphatic imine (C=N–C) groups is 1. The highest BCUT2D eigenvalue weighted by atomic mass is 19.4. The van der Waals surface area contributed by atoms with Gasteiger partial charge in [0.15, 0.2) is 0 Å². The SMILES string of the molecule is CCN(C)/C=N/c1ccc(C(=O)OCc2ccc(C(F)(F)F)nc2)c(C)c1C. The van der Waals surface area contributed by atoms with Crippen molar-refractivity contribution >= 4 is 18.0 Å².